The Balaban J connectivity index is 1.64. The van der Waals surface area contributed by atoms with Crippen LogP contribution in [-0.2, 0) is 6.54 Å². The van der Waals surface area contributed by atoms with Crippen molar-refractivity contribution in [3.8, 4) is 5.75 Å². The molecule has 0 bridgehead atoms. The first-order valence-electron chi connectivity index (χ1n) is 8.55. The van der Waals surface area contributed by atoms with Gasteiger partial charge in [0.2, 0.25) is 0 Å². The van der Waals surface area contributed by atoms with E-state index in [9.17, 15) is 4.39 Å². The summed E-state index contributed by atoms with van der Waals surface area (Å²) < 4.78 is 18.9. The lowest BCUT2D eigenvalue weighted by Gasteiger charge is -2.38. The monoisotopic (exact) mass is 306 g/mol. The average molecular weight is 306 g/mol. The molecule has 0 radical (unpaired) electrons. The van der Waals surface area contributed by atoms with Crippen molar-refractivity contribution in [3.05, 3.63) is 29.6 Å². The zero-order valence-corrected chi connectivity index (χ0v) is 13.6. The van der Waals surface area contributed by atoms with Gasteiger partial charge in [-0.2, -0.15) is 0 Å². The van der Waals surface area contributed by atoms with Gasteiger partial charge >= 0.3 is 0 Å². The second-order valence-electron chi connectivity index (χ2n) is 6.60. The summed E-state index contributed by atoms with van der Waals surface area (Å²) in [7, 11) is 1.51. The molecule has 22 heavy (non-hydrogen) atoms. The highest BCUT2D eigenvalue weighted by atomic mass is 19.1. The van der Waals surface area contributed by atoms with Gasteiger partial charge in [0, 0.05) is 19.1 Å². The number of hydrogen-bond acceptors (Lipinski definition) is 3. The van der Waals surface area contributed by atoms with Crippen LogP contribution in [-0.4, -0.2) is 49.1 Å². The number of hydrogen-bond donors (Lipinski definition) is 0. The summed E-state index contributed by atoms with van der Waals surface area (Å²) in [6.07, 6.45) is 6.54. The molecule has 0 spiro atoms. The van der Waals surface area contributed by atoms with E-state index < -0.39 is 0 Å². The molecule has 0 amide bonds. The molecule has 0 unspecified atom stereocenters. The van der Waals surface area contributed by atoms with E-state index in [2.05, 4.69) is 9.80 Å². The third-order valence-corrected chi connectivity index (χ3v) is 5.02. The predicted octanol–water partition coefficient (Wildman–Crippen LogP) is 3.28. The quantitative estimate of drug-likeness (QED) is 0.830. The molecule has 3 nitrogen and oxygen atoms in total. The summed E-state index contributed by atoms with van der Waals surface area (Å²) in [6, 6.07) is 5.98. The normalized spacial score (nSPS) is 23.8. The van der Waals surface area contributed by atoms with Crippen molar-refractivity contribution < 1.29 is 9.13 Å². The minimum atomic E-state index is -0.256. The minimum Gasteiger partial charge on any atom is -0.494 e. The van der Waals surface area contributed by atoms with E-state index in [0.29, 0.717) is 11.8 Å². The van der Waals surface area contributed by atoms with Crippen LogP contribution in [0.15, 0.2) is 18.2 Å². The van der Waals surface area contributed by atoms with Gasteiger partial charge in [0.05, 0.1) is 7.11 Å². The van der Waals surface area contributed by atoms with Crippen molar-refractivity contribution in [2.24, 2.45) is 0 Å². The van der Waals surface area contributed by atoms with Gasteiger partial charge < -0.3 is 9.64 Å². The molecule has 0 aliphatic carbocycles. The number of rotatable bonds is 5. The van der Waals surface area contributed by atoms with Gasteiger partial charge in [0.15, 0.2) is 11.6 Å². The molecule has 2 fully saturated rings. The van der Waals surface area contributed by atoms with E-state index in [1.54, 1.807) is 12.1 Å². The van der Waals surface area contributed by atoms with Crippen LogP contribution < -0.4 is 4.74 Å². The summed E-state index contributed by atoms with van der Waals surface area (Å²) in [5, 5.41) is 0. The van der Waals surface area contributed by atoms with Crippen LogP contribution in [0, 0.1) is 5.82 Å². The van der Waals surface area contributed by atoms with Crippen molar-refractivity contribution in [2.45, 2.75) is 44.7 Å². The van der Waals surface area contributed by atoms with Crippen LogP contribution >= 0.6 is 0 Å². The van der Waals surface area contributed by atoms with Crippen LogP contribution in [0.2, 0.25) is 0 Å². The highest BCUT2D eigenvalue weighted by Gasteiger charge is 2.25. The van der Waals surface area contributed by atoms with Gasteiger partial charge in [-0.25, -0.2) is 4.39 Å². The maximum Gasteiger partial charge on any atom is 0.165 e. The molecule has 3 rings (SSSR count). The Labute approximate surface area is 133 Å². The largest absolute Gasteiger partial charge is 0.494 e. The van der Waals surface area contributed by atoms with Crippen molar-refractivity contribution in [2.75, 3.05) is 33.3 Å². The van der Waals surface area contributed by atoms with E-state index >= 15 is 0 Å². The first kappa shape index (κ1) is 15.8. The van der Waals surface area contributed by atoms with Gasteiger partial charge in [-0.1, -0.05) is 12.5 Å². The molecule has 2 saturated heterocycles. The van der Waals surface area contributed by atoms with Crippen molar-refractivity contribution in [1.82, 2.24) is 9.80 Å². The number of piperidine rings is 1. The smallest absolute Gasteiger partial charge is 0.165 e. The molecule has 2 aliphatic rings. The van der Waals surface area contributed by atoms with E-state index in [0.717, 1.165) is 18.7 Å². The lowest BCUT2D eigenvalue weighted by molar-refractivity contribution is 0.106. The Morgan fingerprint density at radius 2 is 1.91 bits per heavy atom. The van der Waals surface area contributed by atoms with Gasteiger partial charge in [0.1, 0.15) is 0 Å². The molecule has 4 heteroatoms. The summed E-state index contributed by atoms with van der Waals surface area (Å²) in [5.41, 5.74) is 1.05. The Hall–Kier alpha value is -1.13. The molecule has 0 aromatic heterocycles. The van der Waals surface area contributed by atoms with Gasteiger partial charge in [-0.3, -0.25) is 4.90 Å². The van der Waals surface area contributed by atoms with Gasteiger partial charge in [-0.05, 0) is 63.0 Å². The van der Waals surface area contributed by atoms with Crippen molar-refractivity contribution in [3.63, 3.8) is 0 Å². The van der Waals surface area contributed by atoms with Crippen molar-refractivity contribution >= 4 is 0 Å². The molecular weight excluding hydrogens is 279 g/mol. The van der Waals surface area contributed by atoms with Crippen LogP contribution in [0.1, 0.15) is 37.7 Å². The number of ether oxygens (including phenoxy) is 1. The lowest BCUT2D eigenvalue weighted by Crippen LogP contribution is -2.45. The zero-order valence-electron chi connectivity index (χ0n) is 13.6. The van der Waals surface area contributed by atoms with Crippen LogP contribution in [0.25, 0.3) is 0 Å². The fraction of sp³-hybridized carbons (Fsp3) is 0.667. The Morgan fingerprint density at radius 1 is 1.14 bits per heavy atom. The predicted molar refractivity (Wildman–Crippen MR) is 86.7 cm³/mol. The molecule has 0 N–H and O–H groups in total. The number of methoxy groups -OCH3 is 1. The molecular formula is C18H27FN2O. The fourth-order valence-corrected chi connectivity index (χ4v) is 3.78. The lowest BCUT2D eigenvalue weighted by atomic mass is 10.0. The SMILES string of the molecule is COc1ccc(CN2CCCC[C@@H]2CN2CCCC2)cc1F. The third-order valence-electron chi connectivity index (χ3n) is 5.02. The second-order valence-corrected chi connectivity index (χ2v) is 6.60. The maximum atomic E-state index is 13.9. The first-order chi connectivity index (χ1) is 10.8. The highest BCUT2D eigenvalue weighted by Crippen LogP contribution is 2.24. The third kappa shape index (κ3) is 3.79. The summed E-state index contributed by atoms with van der Waals surface area (Å²) >= 11 is 0. The zero-order chi connectivity index (χ0) is 15.4. The minimum absolute atomic E-state index is 0.256. The molecule has 2 aliphatic heterocycles. The van der Waals surface area contributed by atoms with E-state index in [4.69, 9.17) is 4.74 Å². The Morgan fingerprint density at radius 3 is 2.64 bits per heavy atom. The Bertz CT molecular complexity index is 488. The summed E-state index contributed by atoms with van der Waals surface area (Å²) in [4.78, 5) is 5.14. The Kier molecular flexibility index (Phi) is 5.32. The molecule has 1 atom stereocenters. The van der Waals surface area contributed by atoms with Crippen LogP contribution in [0.3, 0.4) is 0 Å². The van der Waals surface area contributed by atoms with Crippen molar-refractivity contribution in [1.29, 1.82) is 0 Å². The molecule has 1 aromatic rings. The van der Waals surface area contributed by atoms with Gasteiger partial charge in [-0.15, -0.1) is 0 Å². The molecule has 0 saturated carbocycles. The fourth-order valence-electron chi connectivity index (χ4n) is 3.78. The number of benzene rings is 1. The number of halogens is 1. The molecule has 2 heterocycles. The number of likely N-dealkylation sites (tertiary alicyclic amines) is 2. The summed E-state index contributed by atoms with van der Waals surface area (Å²) in [6.45, 7) is 5.66. The molecule has 1 aromatic carbocycles. The average Bonchev–Trinajstić information content (AvgIpc) is 3.02. The highest BCUT2D eigenvalue weighted by molar-refractivity contribution is 5.29. The standard InChI is InChI=1S/C18H27FN2O/c1-22-18-8-7-15(12-17(18)19)13-21-11-3-2-6-16(21)14-20-9-4-5-10-20/h7-8,12,16H,2-6,9-11,13-14H2,1H3/t16-/m1/s1. The van der Waals surface area contributed by atoms with E-state index in [1.165, 1.54) is 58.8 Å². The van der Waals surface area contributed by atoms with E-state index in [-0.39, 0.29) is 5.82 Å². The summed E-state index contributed by atoms with van der Waals surface area (Å²) in [5.74, 6) is 0.0733. The number of nitrogens with zero attached hydrogens (tertiary/aromatic N) is 2. The van der Waals surface area contributed by atoms with E-state index in [1.807, 2.05) is 6.07 Å². The van der Waals surface area contributed by atoms with Crippen LogP contribution in [0.5, 0.6) is 5.75 Å². The van der Waals surface area contributed by atoms with Crippen LogP contribution in [0.4, 0.5) is 4.39 Å². The second kappa shape index (κ2) is 7.42. The molecule has 122 valence electrons. The van der Waals surface area contributed by atoms with Gasteiger partial charge in [0.25, 0.3) is 0 Å². The topological polar surface area (TPSA) is 15.7 Å². The first-order valence-corrected chi connectivity index (χ1v) is 8.55. The maximum absolute atomic E-state index is 13.9.